The minimum Gasteiger partial charge on any atom is -0.396 e. The second-order valence-corrected chi connectivity index (χ2v) is 4.17. The molecule has 0 spiro atoms. The maximum absolute atomic E-state index is 9.22. The Hall–Kier alpha value is -0.120. The highest BCUT2D eigenvalue weighted by atomic mass is 16.5. The molecule has 1 rings (SSSR count). The number of hydrogen-bond donors (Lipinski definition) is 1. The van der Waals surface area contributed by atoms with Crippen molar-refractivity contribution < 1.29 is 14.6 Å². The number of hydrogen-bond acceptors (Lipinski definition) is 3. The van der Waals surface area contributed by atoms with Crippen molar-refractivity contribution >= 4 is 0 Å². The first kappa shape index (κ1) is 12.0. The van der Waals surface area contributed by atoms with Gasteiger partial charge in [0, 0.05) is 20.8 Å². The van der Waals surface area contributed by atoms with E-state index in [1.807, 2.05) is 0 Å². The van der Waals surface area contributed by atoms with Crippen LogP contribution in [0.1, 0.15) is 32.1 Å². The Labute approximate surface area is 86.4 Å². The molecule has 0 heterocycles. The van der Waals surface area contributed by atoms with Crippen LogP contribution >= 0.6 is 0 Å². The van der Waals surface area contributed by atoms with Crippen LogP contribution in [0.15, 0.2) is 0 Å². The van der Waals surface area contributed by atoms with E-state index in [0.29, 0.717) is 18.1 Å². The van der Waals surface area contributed by atoms with Gasteiger partial charge in [-0.05, 0) is 38.0 Å². The van der Waals surface area contributed by atoms with E-state index in [-0.39, 0.29) is 6.61 Å². The van der Waals surface area contributed by atoms with E-state index in [0.717, 1.165) is 32.1 Å². The average Bonchev–Trinajstić information content (AvgIpc) is 2.18. The summed E-state index contributed by atoms with van der Waals surface area (Å²) in [6.07, 6.45) is 5.92. The Bertz CT molecular complexity index is 135. The summed E-state index contributed by atoms with van der Waals surface area (Å²) in [5.41, 5.74) is 0. The van der Waals surface area contributed by atoms with Gasteiger partial charge in [-0.15, -0.1) is 0 Å². The third-order valence-corrected chi connectivity index (χ3v) is 3.17. The minimum absolute atomic E-state index is 0.250. The summed E-state index contributed by atoms with van der Waals surface area (Å²) >= 11 is 0. The molecule has 14 heavy (non-hydrogen) atoms. The lowest BCUT2D eigenvalue weighted by molar-refractivity contribution is 0.00814. The normalized spacial score (nSPS) is 34.9. The number of rotatable bonds is 3. The Kier molecular flexibility index (Phi) is 5.45. The summed E-state index contributed by atoms with van der Waals surface area (Å²) < 4.78 is 10.8. The van der Waals surface area contributed by atoms with Crippen LogP contribution < -0.4 is 0 Å². The van der Waals surface area contributed by atoms with Crippen LogP contribution in [-0.2, 0) is 9.47 Å². The lowest BCUT2D eigenvalue weighted by Gasteiger charge is -2.28. The number of ether oxygens (including phenoxy) is 2. The molecule has 84 valence electrons. The highest BCUT2D eigenvalue weighted by Crippen LogP contribution is 2.25. The zero-order chi connectivity index (χ0) is 10.4. The second-order valence-electron chi connectivity index (χ2n) is 4.17. The fraction of sp³-hybridized carbons (Fsp3) is 1.00. The molecule has 3 nitrogen and oxygen atoms in total. The van der Waals surface area contributed by atoms with Gasteiger partial charge in [-0.1, -0.05) is 0 Å². The molecule has 2 atom stereocenters. The summed E-state index contributed by atoms with van der Waals surface area (Å²) in [6, 6.07) is 0. The summed E-state index contributed by atoms with van der Waals surface area (Å²) in [4.78, 5) is 0. The van der Waals surface area contributed by atoms with Gasteiger partial charge >= 0.3 is 0 Å². The highest BCUT2D eigenvalue weighted by Gasteiger charge is 2.23. The topological polar surface area (TPSA) is 38.7 Å². The molecule has 1 aliphatic rings. The maximum atomic E-state index is 9.22. The monoisotopic (exact) mass is 202 g/mol. The minimum atomic E-state index is 0.250. The zero-order valence-corrected chi connectivity index (χ0v) is 9.24. The van der Waals surface area contributed by atoms with Gasteiger partial charge in [0.25, 0.3) is 0 Å². The first-order valence-corrected chi connectivity index (χ1v) is 5.46. The van der Waals surface area contributed by atoms with Gasteiger partial charge in [0.2, 0.25) is 0 Å². The van der Waals surface area contributed by atoms with E-state index in [1.165, 1.54) is 0 Å². The van der Waals surface area contributed by atoms with Gasteiger partial charge < -0.3 is 14.6 Å². The fourth-order valence-corrected chi connectivity index (χ4v) is 2.23. The molecule has 3 heteroatoms. The lowest BCUT2D eigenvalue weighted by atomic mass is 9.88. The number of aliphatic hydroxyl groups excluding tert-OH is 1. The van der Waals surface area contributed by atoms with Crippen molar-refractivity contribution in [3.05, 3.63) is 0 Å². The van der Waals surface area contributed by atoms with Gasteiger partial charge in [-0.3, -0.25) is 0 Å². The zero-order valence-electron chi connectivity index (χ0n) is 9.24. The molecule has 2 unspecified atom stereocenters. The fourth-order valence-electron chi connectivity index (χ4n) is 2.23. The summed E-state index contributed by atoms with van der Waals surface area (Å²) in [6.45, 7) is 0.250. The first-order valence-electron chi connectivity index (χ1n) is 5.46. The molecule has 0 aromatic rings. The van der Waals surface area contributed by atoms with Crippen molar-refractivity contribution in [2.45, 2.75) is 44.3 Å². The van der Waals surface area contributed by atoms with Crippen LogP contribution in [-0.4, -0.2) is 38.1 Å². The highest BCUT2D eigenvalue weighted by molar-refractivity contribution is 4.74. The predicted octanol–water partition coefficient (Wildman–Crippen LogP) is 1.59. The van der Waals surface area contributed by atoms with Crippen molar-refractivity contribution in [2.75, 3.05) is 20.8 Å². The van der Waals surface area contributed by atoms with Crippen LogP contribution in [0.3, 0.4) is 0 Å². The molecule has 1 aliphatic carbocycles. The summed E-state index contributed by atoms with van der Waals surface area (Å²) in [7, 11) is 3.52. The SMILES string of the molecule is COC1CCCC(OC)CC(CO)C1. The molecule has 0 aromatic carbocycles. The van der Waals surface area contributed by atoms with Crippen molar-refractivity contribution in [3.8, 4) is 0 Å². The Morgan fingerprint density at radius 2 is 1.57 bits per heavy atom. The smallest absolute Gasteiger partial charge is 0.0574 e. The van der Waals surface area contributed by atoms with Crippen molar-refractivity contribution in [1.29, 1.82) is 0 Å². The van der Waals surface area contributed by atoms with E-state index in [1.54, 1.807) is 14.2 Å². The van der Waals surface area contributed by atoms with Crippen LogP contribution in [0.2, 0.25) is 0 Å². The van der Waals surface area contributed by atoms with E-state index >= 15 is 0 Å². The van der Waals surface area contributed by atoms with Crippen molar-refractivity contribution in [1.82, 2.24) is 0 Å². The predicted molar refractivity (Wildman–Crippen MR) is 55.3 cm³/mol. The van der Waals surface area contributed by atoms with E-state index in [9.17, 15) is 5.11 Å². The summed E-state index contributed by atoms with van der Waals surface area (Å²) in [5.74, 6) is 0.338. The van der Waals surface area contributed by atoms with Crippen LogP contribution in [0.5, 0.6) is 0 Å². The van der Waals surface area contributed by atoms with Crippen molar-refractivity contribution in [2.24, 2.45) is 5.92 Å². The quantitative estimate of drug-likeness (QED) is 0.755. The third-order valence-electron chi connectivity index (χ3n) is 3.17. The number of aliphatic hydroxyl groups is 1. The largest absolute Gasteiger partial charge is 0.396 e. The van der Waals surface area contributed by atoms with Crippen molar-refractivity contribution in [3.63, 3.8) is 0 Å². The Morgan fingerprint density at radius 3 is 1.93 bits per heavy atom. The molecule has 1 N–H and O–H groups in total. The second kappa shape index (κ2) is 6.38. The van der Waals surface area contributed by atoms with Gasteiger partial charge in [-0.2, -0.15) is 0 Å². The van der Waals surface area contributed by atoms with Crippen LogP contribution in [0.25, 0.3) is 0 Å². The molecule has 0 aliphatic heterocycles. The van der Waals surface area contributed by atoms with Crippen LogP contribution in [0.4, 0.5) is 0 Å². The molecular formula is C11H22O3. The van der Waals surface area contributed by atoms with Gasteiger partial charge in [0.1, 0.15) is 0 Å². The molecule has 0 aromatic heterocycles. The van der Waals surface area contributed by atoms with E-state index in [2.05, 4.69) is 0 Å². The van der Waals surface area contributed by atoms with Gasteiger partial charge in [0.15, 0.2) is 0 Å². The average molecular weight is 202 g/mol. The maximum Gasteiger partial charge on any atom is 0.0574 e. The molecule has 0 bridgehead atoms. The van der Waals surface area contributed by atoms with E-state index < -0.39 is 0 Å². The van der Waals surface area contributed by atoms with Gasteiger partial charge in [-0.25, -0.2) is 0 Å². The first-order chi connectivity index (χ1) is 6.80. The summed E-state index contributed by atoms with van der Waals surface area (Å²) in [5, 5.41) is 9.22. The van der Waals surface area contributed by atoms with Gasteiger partial charge in [0.05, 0.1) is 12.2 Å². The molecule has 1 fully saturated rings. The Balaban J connectivity index is 2.45. The molecule has 0 radical (unpaired) electrons. The lowest BCUT2D eigenvalue weighted by Crippen LogP contribution is -2.27. The molecule has 1 saturated carbocycles. The molecule has 0 amide bonds. The van der Waals surface area contributed by atoms with Crippen LogP contribution in [0, 0.1) is 5.92 Å². The molecular weight excluding hydrogens is 180 g/mol. The molecule has 0 saturated heterocycles. The standard InChI is InChI=1S/C11H22O3/c1-13-10-4-3-5-11(14-2)7-9(6-10)8-12/h9-12H,3-8H2,1-2H3. The third kappa shape index (κ3) is 3.56. The Morgan fingerprint density at radius 1 is 1.07 bits per heavy atom. The van der Waals surface area contributed by atoms with E-state index in [4.69, 9.17) is 9.47 Å². The number of methoxy groups -OCH3 is 2.